The number of carbonyl (C=O) groups is 1. The molecule has 0 bridgehead atoms. The van der Waals surface area contributed by atoms with Crippen molar-refractivity contribution in [3.05, 3.63) is 109 Å². The van der Waals surface area contributed by atoms with E-state index in [4.69, 9.17) is 45.9 Å². The molecule has 24 N–H and O–H groups in total. The highest BCUT2D eigenvalue weighted by molar-refractivity contribution is 7.90. The van der Waals surface area contributed by atoms with Gasteiger partial charge in [-0.3, -0.25) is 19.9 Å². The molecule has 0 aliphatic heterocycles. The lowest BCUT2D eigenvalue weighted by molar-refractivity contribution is -0.117. The lowest BCUT2D eigenvalue weighted by Gasteiger charge is -2.19. The van der Waals surface area contributed by atoms with Crippen LogP contribution in [0.25, 0.3) is 66.2 Å². The Kier molecular flexibility index (Phi) is 39.0. The number of nitrogens with zero attached hydrogens (tertiary/aromatic N) is 18. The van der Waals surface area contributed by atoms with E-state index in [1.165, 1.54) is 18.4 Å². The van der Waals surface area contributed by atoms with E-state index in [1.54, 1.807) is 37.8 Å². The van der Waals surface area contributed by atoms with E-state index in [-0.39, 0.29) is 96.7 Å². The molecule has 12 aromatic rings. The summed E-state index contributed by atoms with van der Waals surface area (Å²) in [5.74, 6) is 3.66. The fraction of sp³-hybridized carbons (Fsp3) is 0.463. The van der Waals surface area contributed by atoms with Crippen LogP contribution in [0.2, 0.25) is 0 Å². The molecule has 40 heteroatoms. The number of aliphatic hydroxyl groups is 2. The monoisotopic (exact) mass is 1670 g/mol. The summed E-state index contributed by atoms with van der Waals surface area (Å²) in [5.41, 5.74) is 52.6. The number of aromatic nitrogens is 18. The van der Waals surface area contributed by atoms with Crippen LogP contribution < -0.4 is 77.8 Å². The molecule has 0 aliphatic carbocycles. The molecule has 0 fully saturated rings. The van der Waals surface area contributed by atoms with Gasteiger partial charge in [-0.15, -0.1) is 0 Å². The third kappa shape index (κ3) is 31.3. The number of unbranched alkanes of at least 4 members (excludes halogenated alkanes) is 5. The number of ketones is 1. The minimum absolute atomic E-state index is 0.00387. The molecule has 0 radical (unpaired) electrons. The van der Waals surface area contributed by atoms with Crippen molar-refractivity contribution in [2.24, 2.45) is 11.5 Å². The van der Waals surface area contributed by atoms with Gasteiger partial charge in [0.1, 0.15) is 60.4 Å². The maximum Gasteiger partial charge on any atom is 0.222 e. The largest absolute Gasteiger partial charge is 0.394 e. The highest BCUT2D eigenvalue weighted by Crippen LogP contribution is 2.28. The van der Waals surface area contributed by atoms with Crippen LogP contribution in [0, 0.1) is 11.6 Å². The summed E-state index contributed by atoms with van der Waals surface area (Å²) >= 11 is 0. The van der Waals surface area contributed by atoms with Crippen LogP contribution in [0.15, 0.2) is 97.8 Å². The van der Waals surface area contributed by atoms with Crippen LogP contribution in [-0.2, 0) is 14.6 Å². The number of pyridine rings is 6. The maximum atomic E-state index is 13.2. The van der Waals surface area contributed by atoms with Gasteiger partial charge in [-0.25, -0.2) is 57.1 Å². The molecule has 646 valence electrons. The molecule has 12 rings (SSSR count). The number of fused-ring (bicyclic) bond motifs is 6. The van der Waals surface area contributed by atoms with Crippen LogP contribution >= 0.6 is 0 Å². The number of hydrogen-bond acceptors (Lipinski definition) is 37. The average molecular weight is 1680 g/mol. The summed E-state index contributed by atoms with van der Waals surface area (Å²) in [6, 6.07) is 17.4. The number of Topliss-reactive ketones (excluding diaryl/α,β-unsaturated/α-hetero) is 1. The number of halogens is 2. The summed E-state index contributed by atoms with van der Waals surface area (Å²) in [6.45, 7) is 15.2. The summed E-state index contributed by atoms with van der Waals surface area (Å²) in [7, 11) is -3.00. The lowest BCUT2D eigenvalue weighted by Crippen LogP contribution is -2.29. The zero-order valence-corrected chi connectivity index (χ0v) is 70.2. The Hall–Kier alpha value is -12.1. The van der Waals surface area contributed by atoms with Crippen LogP contribution in [-0.4, -0.2) is 189 Å². The van der Waals surface area contributed by atoms with Crippen LogP contribution in [0.1, 0.15) is 164 Å². The standard InChI is InChI=1S/C16H23N5O.C15H23N5O2S.2C13H18FN5O.C13H20N6.C10H14N6/c1-3-4-6-12(9-8-11(2)22)19-15-14-13(7-5-10-18-14)20-16(17)21-15;1-3-4-6-11(8-10-23(2,21)22)18-14-13-12(7-5-9-17-13)19-15(16)20-14;2*1-2-3-4-9(7-20)17-12-11-10(18-13(15)19-12)5-8(14)6-16-11;1-2-3-5-9(8-14)17-12-11-10(6-4-7-16-11)18-13(15)19-12;1-6(5-11)14-9-8-7(3-2-4-13-8)15-10(12)16-9/h5,7,10,12H,3-4,6,8-9H2,1-2H3,(H3,17,19,20,21);5,7,9,11H,3-4,6,8,10H2,1-2H3,(H3,16,18,19,20);2*5-6,9,20H,2-4,7H2,1H3,(H3,15,17,18,19);4,6-7,9H,2-3,5,8,14H2,1H3,(H3,15,17,18,19);2-4,6H,5,11H2,1H3,(H3,12,14,15,16)/t12-;11-;3*9-;6-/m111010/s1. The van der Waals surface area contributed by atoms with Gasteiger partial charge in [0.2, 0.25) is 35.7 Å². The molecule has 0 amide bonds. The molecule has 120 heavy (non-hydrogen) atoms. The first-order chi connectivity index (χ1) is 57.7. The average Bonchev–Trinajstić information content (AvgIpc) is 0.763. The summed E-state index contributed by atoms with van der Waals surface area (Å²) < 4.78 is 49.2. The van der Waals surface area contributed by atoms with Crippen molar-refractivity contribution in [2.45, 2.75) is 200 Å². The fourth-order valence-electron chi connectivity index (χ4n) is 12.1. The van der Waals surface area contributed by atoms with Crippen molar-refractivity contribution in [2.75, 3.05) is 105 Å². The third-order valence-electron chi connectivity index (χ3n) is 18.3. The Morgan fingerprint density at radius 1 is 0.392 bits per heavy atom. The molecule has 0 aliphatic rings. The number of sulfone groups is 1. The third-order valence-corrected chi connectivity index (χ3v) is 19.3. The number of aliphatic hydroxyl groups excluding tert-OH is 2. The molecule has 12 heterocycles. The summed E-state index contributed by atoms with van der Waals surface area (Å²) in [5, 5.41) is 38.2. The minimum atomic E-state index is -3.00. The quantitative estimate of drug-likeness (QED) is 0.0172. The highest BCUT2D eigenvalue weighted by Gasteiger charge is 2.21. The van der Waals surface area contributed by atoms with Gasteiger partial charge in [-0.05, 0) is 107 Å². The molecule has 6 atom stereocenters. The number of nitrogens with two attached hydrogens (primary N) is 8. The number of carbonyl (C=O) groups excluding carboxylic acids is 1. The van der Waals surface area contributed by atoms with Gasteiger partial charge in [0.25, 0.3) is 0 Å². The van der Waals surface area contributed by atoms with E-state index in [0.717, 1.165) is 137 Å². The molecule has 0 aromatic carbocycles. The van der Waals surface area contributed by atoms with Crippen molar-refractivity contribution in [1.82, 2.24) is 89.7 Å². The zero-order valence-electron chi connectivity index (χ0n) is 69.4. The predicted molar refractivity (Wildman–Crippen MR) is 475 cm³/mol. The van der Waals surface area contributed by atoms with Crippen molar-refractivity contribution < 1.29 is 32.2 Å². The maximum absolute atomic E-state index is 13.2. The molecule has 0 saturated heterocycles. The molecule has 37 nitrogen and oxygen atoms in total. The Labute approximate surface area is 696 Å². The Bertz CT molecular complexity index is 5190. The van der Waals surface area contributed by atoms with E-state index in [0.29, 0.717) is 105 Å². The number of nitrogens with one attached hydrogen (secondary N) is 6. The van der Waals surface area contributed by atoms with Gasteiger partial charge in [0, 0.05) is 86.9 Å². The van der Waals surface area contributed by atoms with Gasteiger partial charge in [-0.1, -0.05) is 98.8 Å². The zero-order chi connectivity index (χ0) is 87.1. The van der Waals surface area contributed by atoms with Gasteiger partial charge < -0.3 is 92.8 Å². The Morgan fingerprint density at radius 2 is 0.667 bits per heavy atom. The smallest absolute Gasteiger partial charge is 0.222 e. The van der Waals surface area contributed by atoms with Gasteiger partial charge in [-0.2, -0.15) is 29.9 Å². The SMILES string of the molecule is CCCC[C@@H](CO)Nc1nc(N)nc2cc(F)cnc12.CCCC[C@H](CCC(C)=O)Nc1nc(N)nc2cccnc12.CCCC[C@H](CCS(C)(=O)=O)Nc1nc(N)nc2cccnc12.CCCC[C@H](CN)Nc1nc(N)nc2cccnc12.CCCC[C@H](CO)Nc1nc(N)nc2cc(F)cnc12.C[C@@H](CN)Nc1nc(N)nc2cccnc12. The molecular weight excluding hydrogens is 1560 g/mol. The van der Waals surface area contributed by atoms with Crippen LogP contribution in [0.5, 0.6) is 0 Å². The van der Waals surface area contributed by atoms with E-state index in [9.17, 15) is 32.2 Å². The first kappa shape index (κ1) is 95.0. The van der Waals surface area contributed by atoms with E-state index >= 15 is 0 Å². The second-order valence-electron chi connectivity index (χ2n) is 28.6. The molecule has 12 aromatic heterocycles. The van der Waals surface area contributed by atoms with E-state index in [1.807, 2.05) is 49.4 Å². The normalized spacial score (nSPS) is 12.6. The van der Waals surface area contributed by atoms with Crippen molar-refractivity contribution in [1.29, 1.82) is 0 Å². The minimum Gasteiger partial charge on any atom is -0.394 e. The highest BCUT2D eigenvalue weighted by atomic mass is 32.2. The summed E-state index contributed by atoms with van der Waals surface area (Å²) in [6.07, 6.45) is 27.2. The Morgan fingerprint density at radius 3 is 0.958 bits per heavy atom. The topological polar surface area (TPSA) is 604 Å². The van der Waals surface area contributed by atoms with Crippen molar-refractivity contribution in [3.63, 3.8) is 0 Å². The van der Waals surface area contributed by atoms with Crippen molar-refractivity contribution in [3.8, 4) is 0 Å². The predicted octanol–water partition coefficient (Wildman–Crippen LogP) is 10.3. The molecule has 0 saturated carbocycles. The number of nitrogen functional groups attached to an aromatic ring is 6. The van der Waals surface area contributed by atoms with Gasteiger partial charge in [0.15, 0.2) is 34.9 Å². The number of hydrogen-bond donors (Lipinski definition) is 16. The van der Waals surface area contributed by atoms with Gasteiger partial charge in [0.05, 0.1) is 76.5 Å². The number of rotatable bonds is 37. The van der Waals surface area contributed by atoms with Gasteiger partial charge >= 0.3 is 0 Å². The van der Waals surface area contributed by atoms with Crippen LogP contribution in [0.3, 0.4) is 0 Å². The van der Waals surface area contributed by atoms with E-state index in [2.05, 4.69) is 156 Å². The van der Waals surface area contributed by atoms with Crippen molar-refractivity contribution >= 4 is 152 Å². The number of anilines is 12. The molecule has 0 unspecified atom stereocenters. The first-order valence-corrected chi connectivity index (χ1v) is 42.4. The van der Waals surface area contributed by atoms with Crippen LogP contribution in [0.4, 0.5) is 79.4 Å². The fourth-order valence-corrected chi connectivity index (χ4v) is 12.8. The lowest BCUT2D eigenvalue weighted by atomic mass is 10.0. The summed E-state index contributed by atoms with van der Waals surface area (Å²) in [4.78, 5) is 86.0. The molecule has 0 spiro atoms. The molecular formula is C80H116F2N32O5S. The van der Waals surface area contributed by atoms with E-state index < -0.39 is 21.5 Å². The Balaban J connectivity index is 0.000000199. The first-order valence-electron chi connectivity index (χ1n) is 40.3. The second kappa shape index (κ2) is 49.3. The second-order valence-corrected chi connectivity index (χ2v) is 30.8.